The molecule has 20 heavy (non-hydrogen) atoms. The molecule has 2 aromatic heterocycles. The maximum atomic E-state index is 12.7. The third-order valence-electron chi connectivity index (χ3n) is 3.80. The Morgan fingerprint density at radius 1 is 1.35 bits per heavy atom. The van der Waals surface area contributed by atoms with Crippen LogP contribution in [0.5, 0.6) is 0 Å². The van der Waals surface area contributed by atoms with Crippen LogP contribution in [0.3, 0.4) is 0 Å². The maximum absolute atomic E-state index is 12.7. The Morgan fingerprint density at radius 3 is 2.85 bits per heavy atom. The first-order chi connectivity index (χ1) is 9.70. The van der Waals surface area contributed by atoms with Gasteiger partial charge in [0.25, 0.3) is 5.56 Å². The second-order valence-electron chi connectivity index (χ2n) is 5.21. The average molecular weight is 290 g/mol. The van der Waals surface area contributed by atoms with E-state index in [9.17, 15) is 4.79 Å². The second kappa shape index (κ2) is 5.36. The Morgan fingerprint density at radius 2 is 2.15 bits per heavy atom. The minimum Gasteiger partial charge on any atom is -0.312 e. The fourth-order valence-electron chi connectivity index (χ4n) is 2.91. The van der Waals surface area contributed by atoms with Crippen LogP contribution < -0.4 is 5.56 Å². The van der Waals surface area contributed by atoms with Gasteiger partial charge in [0.15, 0.2) is 5.82 Å². The van der Waals surface area contributed by atoms with E-state index in [1.54, 1.807) is 0 Å². The number of hydrogen-bond acceptors (Lipinski definition) is 3. The van der Waals surface area contributed by atoms with Gasteiger partial charge in [0.05, 0.1) is 5.56 Å². The van der Waals surface area contributed by atoms with Gasteiger partial charge in [-0.05, 0) is 56.0 Å². The molecule has 1 aliphatic carbocycles. The number of aryl methyl sites for hydroxylation is 1. The Bertz CT molecular complexity index is 740. The maximum Gasteiger partial charge on any atom is 0.261 e. The highest BCUT2D eigenvalue weighted by molar-refractivity contribution is 7.71. The minimum absolute atomic E-state index is 0.0326. The van der Waals surface area contributed by atoms with Crippen molar-refractivity contribution >= 4 is 12.2 Å². The predicted octanol–water partition coefficient (Wildman–Crippen LogP) is 2.58. The van der Waals surface area contributed by atoms with Crippen molar-refractivity contribution in [2.45, 2.75) is 45.6 Å². The molecule has 0 unspecified atom stereocenters. The molecular formula is C14H18N4OS. The van der Waals surface area contributed by atoms with E-state index in [0.29, 0.717) is 16.2 Å². The minimum atomic E-state index is 0.0326. The molecular weight excluding hydrogens is 272 g/mol. The van der Waals surface area contributed by atoms with E-state index in [0.717, 1.165) is 25.8 Å². The fourth-order valence-corrected chi connectivity index (χ4v) is 3.05. The summed E-state index contributed by atoms with van der Waals surface area (Å²) in [4.78, 5) is 16.9. The van der Waals surface area contributed by atoms with E-state index in [-0.39, 0.29) is 5.56 Å². The molecule has 0 bridgehead atoms. The molecule has 0 fully saturated rings. The number of rotatable bonds is 3. The van der Waals surface area contributed by atoms with Gasteiger partial charge in [-0.25, -0.2) is 0 Å². The summed E-state index contributed by atoms with van der Waals surface area (Å²) >= 11 is 4.97. The monoisotopic (exact) mass is 290 g/mol. The summed E-state index contributed by atoms with van der Waals surface area (Å²) < 4.78 is 2.30. The first-order valence-electron chi connectivity index (χ1n) is 7.11. The first kappa shape index (κ1) is 13.3. The van der Waals surface area contributed by atoms with Crippen LogP contribution >= 0.6 is 12.2 Å². The van der Waals surface area contributed by atoms with E-state index >= 15 is 0 Å². The second-order valence-corrected chi connectivity index (χ2v) is 5.60. The molecule has 0 saturated carbocycles. The van der Waals surface area contributed by atoms with Gasteiger partial charge < -0.3 is 4.57 Å². The van der Waals surface area contributed by atoms with E-state index in [1.807, 2.05) is 10.6 Å². The van der Waals surface area contributed by atoms with E-state index < -0.39 is 0 Å². The Balaban J connectivity index is 2.23. The molecule has 0 saturated heterocycles. The number of hydrogen-bond donors (Lipinski definition) is 2. The van der Waals surface area contributed by atoms with Gasteiger partial charge >= 0.3 is 0 Å². The van der Waals surface area contributed by atoms with E-state index in [4.69, 9.17) is 12.2 Å². The van der Waals surface area contributed by atoms with Crippen LogP contribution in [0.2, 0.25) is 0 Å². The quantitative estimate of drug-likeness (QED) is 0.854. The lowest BCUT2D eigenvalue weighted by Gasteiger charge is -2.21. The zero-order valence-electron chi connectivity index (χ0n) is 11.5. The van der Waals surface area contributed by atoms with Gasteiger partial charge in [-0.3, -0.25) is 15.0 Å². The van der Waals surface area contributed by atoms with Crippen molar-refractivity contribution in [1.82, 2.24) is 19.7 Å². The molecule has 0 radical (unpaired) electrons. The summed E-state index contributed by atoms with van der Waals surface area (Å²) in [6.45, 7) is 2.86. The molecule has 0 amide bonds. The largest absolute Gasteiger partial charge is 0.312 e. The van der Waals surface area contributed by atoms with Gasteiger partial charge in [0.2, 0.25) is 4.77 Å². The molecule has 0 atom stereocenters. The molecule has 3 rings (SSSR count). The van der Waals surface area contributed by atoms with Gasteiger partial charge in [-0.2, -0.15) is 4.98 Å². The molecule has 0 spiro atoms. The molecule has 5 nitrogen and oxygen atoms in total. The average Bonchev–Trinajstić information content (AvgIpc) is 2.88. The normalized spacial score (nSPS) is 14.2. The van der Waals surface area contributed by atoms with Crippen molar-refractivity contribution in [3.05, 3.63) is 32.4 Å². The third-order valence-corrected chi connectivity index (χ3v) is 4.00. The van der Waals surface area contributed by atoms with Crippen LogP contribution in [0.4, 0.5) is 0 Å². The first-order valence-corrected chi connectivity index (χ1v) is 7.52. The van der Waals surface area contributed by atoms with Crippen molar-refractivity contribution in [3.63, 3.8) is 0 Å². The van der Waals surface area contributed by atoms with E-state index in [2.05, 4.69) is 22.1 Å². The molecule has 6 heteroatoms. The predicted molar refractivity (Wildman–Crippen MR) is 80.4 cm³/mol. The van der Waals surface area contributed by atoms with Crippen LogP contribution in [0, 0.1) is 4.77 Å². The van der Waals surface area contributed by atoms with Crippen molar-refractivity contribution in [3.8, 4) is 11.4 Å². The van der Waals surface area contributed by atoms with Crippen LogP contribution in [0.25, 0.3) is 11.4 Å². The molecule has 0 aliphatic heterocycles. The Labute approximate surface area is 122 Å². The van der Waals surface area contributed by atoms with Gasteiger partial charge in [-0.1, -0.05) is 6.92 Å². The summed E-state index contributed by atoms with van der Waals surface area (Å²) in [5.41, 5.74) is 3.14. The number of aromatic amines is 2. The number of fused-ring (bicyclic) bond motifs is 1. The SMILES string of the molecule is CCCn1c2c(cc(-c3nc(=S)[nH][nH]3)c1=O)CCCC2. The van der Waals surface area contributed by atoms with Crippen LogP contribution in [0.1, 0.15) is 37.4 Å². The lowest BCUT2D eigenvalue weighted by molar-refractivity contribution is 0.567. The topological polar surface area (TPSA) is 66.5 Å². The zero-order chi connectivity index (χ0) is 14.1. The number of aromatic nitrogens is 4. The lowest BCUT2D eigenvalue weighted by Crippen LogP contribution is -2.28. The Hall–Kier alpha value is -1.69. The highest BCUT2D eigenvalue weighted by Crippen LogP contribution is 2.23. The summed E-state index contributed by atoms with van der Waals surface area (Å²) in [5.74, 6) is 0.540. The number of H-pyrrole nitrogens is 2. The van der Waals surface area contributed by atoms with Gasteiger partial charge in [0.1, 0.15) is 0 Å². The zero-order valence-corrected chi connectivity index (χ0v) is 12.3. The van der Waals surface area contributed by atoms with Crippen molar-refractivity contribution in [2.24, 2.45) is 0 Å². The number of pyridine rings is 1. The number of nitrogens with one attached hydrogen (secondary N) is 2. The van der Waals surface area contributed by atoms with Crippen molar-refractivity contribution in [1.29, 1.82) is 0 Å². The third kappa shape index (κ3) is 2.24. The number of nitrogens with zero attached hydrogens (tertiary/aromatic N) is 2. The smallest absolute Gasteiger partial charge is 0.261 e. The Kier molecular flexibility index (Phi) is 3.56. The highest BCUT2D eigenvalue weighted by atomic mass is 32.1. The van der Waals surface area contributed by atoms with Gasteiger partial charge in [-0.15, -0.1) is 0 Å². The fraction of sp³-hybridized carbons (Fsp3) is 0.500. The molecule has 2 heterocycles. The van der Waals surface area contributed by atoms with E-state index in [1.165, 1.54) is 24.1 Å². The van der Waals surface area contributed by atoms with Gasteiger partial charge in [0, 0.05) is 12.2 Å². The van der Waals surface area contributed by atoms with Crippen LogP contribution in [-0.2, 0) is 19.4 Å². The summed E-state index contributed by atoms with van der Waals surface area (Å²) in [6.07, 6.45) is 5.35. The standard InChI is InChI=1S/C14H18N4OS/c1-2-7-18-11-6-4-3-5-9(11)8-10(13(18)19)12-15-14(20)17-16-12/h8H,2-7H2,1H3,(H2,15,16,17,20). The molecule has 2 N–H and O–H groups in total. The molecule has 1 aliphatic rings. The summed E-state index contributed by atoms with van der Waals surface area (Å²) in [6, 6.07) is 1.99. The van der Waals surface area contributed by atoms with Crippen molar-refractivity contribution in [2.75, 3.05) is 0 Å². The molecule has 0 aromatic carbocycles. The summed E-state index contributed by atoms with van der Waals surface area (Å²) in [7, 11) is 0. The lowest BCUT2D eigenvalue weighted by atomic mass is 9.94. The molecule has 106 valence electrons. The van der Waals surface area contributed by atoms with Crippen LogP contribution in [-0.4, -0.2) is 19.7 Å². The molecule has 2 aromatic rings. The van der Waals surface area contributed by atoms with Crippen molar-refractivity contribution < 1.29 is 0 Å². The van der Waals surface area contributed by atoms with Crippen LogP contribution in [0.15, 0.2) is 10.9 Å². The highest BCUT2D eigenvalue weighted by Gasteiger charge is 2.19. The summed E-state index contributed by atoms with van der Waals surface area (Å²) in [5, 5.41) is 5.64.